The first-order valence-electron chi connectivity index (χ1n) is 9.38. The SMILES string of the molecule is Cc1ccc(-c2csnn2)cc1NC(=O)CCC(=O)N1CC(=O)Nc2ccccc21. The minimum Gasteiger partial charge on any atom is -0.326 e. The number of carbonyl (C=O) groups excluding carboxylic acids is 3. The van der Waals surface area contributed by atoms with Crippen molar-refractivity contribution in [1.29, 1.82) is 0 Å². The first-order chi connectivity index (χ1) is 14.5. The Hall–Kier alpha value is -3.59. The maximum atomic E-state index is 12.7. The zero-order valence-corrected chi connectivity index (χ0v) is 17.0. The van der Waals surface area contributed by atoms with Crippen molar-refractivity contribution >= 4 is 46.3 Å². The second-order valence-corrected chi connectivity index (χ2v) is 7.52. The van der Waals surface area contributed by atoms with E-state index >= 15 is 0 Å². The van der Waals surface area contributed by atoms with Gasteiger partial charge in [0.1, 0.15) is 12.2 Å². The van der Waals surface area contributed by atoms with Crippen molar-refractivity contribution in [2.24, 2.45) is 0 Å². The highest BCUT2D eigenvalue weighted by molar-refractivity contribution is 7.03. The van der Waals surface area contributed by atoms with Crippen LogP contribution in [0, 0.1) is 6.92 Å². The van der Waals surface area contributed by atoms with Crippen molar-refractivity contribution in [2.75, 3.05) is 22.1 Å². The lowest BCUT2D eigenvalue weighted by Crippen LogP contribution is -2.42. The minimum atomic E-state index is -0.272. The van der Waals surface area contributed by atoms with E-state index in [9.17, 15) is 14.4 Å². The number of amides is 3. The van der Waals surface area contributed by atoms with Crippen LogP contribution in [-0.2, 0) is 14.4 Å². The Morgan fingerprint density at radius 3 is 2.83 bits per heavy atom. The van der Waals surface area contributed by atoms with Crippen molar-refractivity contribution in [3.63, 3.8) is 0 Å². The van der Waals surface area contributed by atoms with Crippen LogP contribution in [0.25, 0.3) is 11.3 Å². The molecule has 8 nitrogen and oxygen atoms in total. The van der Waals surface area contributed by atoms with Crippen molar-refractivity contribution in [3.8, 4) is 11.3 Å². The van der Waals surface area contributed by atoms with E-state index in [4.69, 9.17) is 0 Å². The van der Waals surface area contributed by atoms with Crippen molar-refractivity contribution < 1.29 is 14.4 Å². The normalized spacial score (nSPS) is 12.8. The van der Waals surface area contributed by atoms with Gasteiger partial charge in [0.25, 0.3) is 0 Å². The molecule has 3 amide bonds. The van der Waals surface area contributed by atoms with Crippen LogP contribution in [0.3, 0.4) is 0 Å². The molecule has 0 saturated carbocycles. The highest BCUT2D eigenvalue weighted by atomic mass is 32.1. The molecule has 2 aromatic carbocycles. The number of benzene rings is 2. The van der Waals surface area contributed by atoms with Crippen LogP contribution in [0.15, 0.2) is 47.8 Å². The Morgan fingerprint density at radius 2 is 2.03 bits per heavy atom. The molecule has 2 heterocycles. The summed E-state index contributed by atoms with van der Waals surface area (Å²) < 4.78 is 3.86. The Morgan fingerprint density at radius 1 is 1.20 bits per heavy atom. The van der Waals surface area contributed by atoms with Crippen molar-refractivity contribution in [3.05, 3.63) is 53.4 Å². The van der Waals surface area contributed by atoms with E-state index in [2.05, 4.69) is 20.2 Å². The van der Waals surface area contributed by atoms with Gasteiger partial charge in [-0.15, -0.1) is 5.10 Å². The number of fused-ring (bicyclic) bond motifs is 1. The van der Waals surface area contributed by atoms with Crippen LogP contribution in [-0.4, -0.2) is 33.9 Å². The zero-order valence-electron chi connectivity index (χ0n) is 16.2. The number of anilines is 3. The van der Waals surface area contributed by atoms with Crippen LogP contribution in [0.5, 0.6) is 0 Å². The summed E-state index contributed by atoms with van der Waals surface area (Å²) in [6, 6.07) is 12.8. The Bertz CT molecular complexity index is 1110. The Kier molecular flexibility index (Phi) is 5.53. The number of nitrogens with one attached hydrogen (secondary N) is 2. The number of nitrogens with zero attached hydrogens (tertiary/aromatic N) is 3. The summed E-state index contributed by atoms with van der Waals surface area (Å²) in [7, 11) is 0. The smallest absolute Gasteiger partial charge is 0.244 e. The summed E-state index contributed by atoms with van der Waals surface area (Å²) in [5.74, 6) is -0.795. The van der Waals surface area contributed by atoms with Crippen molar-refractivity contribution in [1.82, 2.24) is 9.59 Å². The topological polar surface area (TPSA) is 104 Å². The number of rotatable bonds is 5. The maximum absolute atomic E-state index is 12.7. The van der Waals surface area contributed by atoms with Gasteiger partial charge in [-0.3, -0.25) is 14.4 Å². The van der Waals surface area contributed by atoms with Gasteiger partial charge in [0.05, 0.1) is 11.4 Å². The van der Waals surface area contributed by atoms with Crippen LogP contribution in [0.2, 0.25) is 0 Å². The summed E-state index contributed by atoms with van der Waals surface area (Å²) in [4.78, 5) is 38.5. The molecule has 1 aromatic heterocycles. The molecule has 0 spiro atoms. The predicted octanol–water partition coefficient (Wildman–Crippen LogP) is 3.22. The Labute approximate surface area is 177 Å². The molecule has 0 bridgehead atoms. The van der Waals surface area contributed by atoms with Gasteiger partial charge in [-0.25, -0.2) is 0 Å². The van der Waals surface area contributed by atoms with Crippen molar-refractivity contribution in [2.45, 2.75) is 19.8 Å². The number of aromatic nitrogens is 2. The average Bonchev–Trinajstić information content (AvgIpc) is 3.28. The lowest BCUT2D eigenvalue weighted by molar-refractivity contribution is -0.124. The average molecular weight is 421 g/mol. The molecule has 0 unspecified atom stereocenters. The molecule has 9 heteroatoms. The summed E-state index contributed by atoms with van der Waals surface area (Å²) in [6.45, 7) is 1.84. The molecule has 0 aliphatic carbocycles. The number of hydrogen-bond acceptors (Lipinski definition) is 6. The third-order valence-electron chi connectivity index (χ3n) is 4.81. The first kappa shape index (κ1) is 19.7. The molecular formula is C21H19N5O3S. The summed E-state index contributed by atoms with van der Waals surface area (Å²) in [5, 5.41) is 11.5. The number of para-hydroxylation sites is 2. The quantitative estimate of drug-likeness (QED) is 0.658. The second-order valence-electron chi connectivity index (χ2n) is 6.91. The van der Waals surface area contributed by atoms with Gasteiger partial charge in [0.15, 0.2) is 0 Å². The molecule has 2 N–H and O–H groups in total. The molecule has 152 valence electrons. The molecule has 0 radical (unpaired) electrons. The maximum Gasteiger partial charge on any atom is 0.244 e. The minimum absolute atomic E-state index is 0.00217. The monoisotopic (exact) mass is 421 g/mol. The van der Waals surface area contributed by atoms with Gasteiger partial charge in [-0.2, -0.15) is 0 Å². The highest BCUT2D eigenvalue weighted by Gasteiger charge is 2.26. The molecular weight excluding hydrogens is 402 g/mol. The zero-order chi connectivity index (χ0) is 21.1. The van der Waals surface area contributed by atoms with E-state index in [1.807, 2.05) is 30.5 Å². The standard InChI is InChI=1S/C21H19N5O3S/c1-13-6-7-14(17-12-30-25-24-17)10-16(13)23-19(27)8-9-21(29)26-11-20(28)22-15-4-2-3-5-18(15)26/h2-7,10,12H,8-9,11H2,1H3,(H,22,28)(H,23,27). The Balaban J connectivity index is 1.40. The van der Waals surface area contributed by atoms with E-state index in [1.165, 1.54) is 16.4 Å². The van der Waals surface area contributed by atoms with Crippen LogP contribution in [0.4, 0.5) is 17.1 Å². The summed E-state index contributed by atoms with van der Waals surface area (Å²) in [5.41, 5.74) is 4.41. The van der Waals surface area contributed by atoms with Gasteiger partial charge >= 0.3 is 0 Å². The predicted molar refractivity (Wildman–Crippen MR) is 115 cm³/mol. The third kappa shape index (κ3) is 4.20. The van der Waals surface area contributed by atoms with E-state index in [0.717, 1.165) is 16.8 Å². The van der Waals surface area contributed by atoms with Gasteiger partial charge in [0.2, 0.25) is 17.7 Å². The lowest BCUT2D eigenvalue weighted by atomic mass is 10.1. The molecule has 0 atom stereocenters. The summed E-state index contributed by atoms with van der Waals surface area (Å²) >= 11 is 1.26. The molecule has 0 saturated heterocycles. The molecule has 30 heavy (non-hydrogen) atoms. The summed E-state index contributed by atoms with van der Waals surface area (Å²) in [6.07, 6.45) is 0.0171. The first-order valence-corrected chi connectivity index (χ1v) is 10.2. The molecule has 3 aromatic rings. The number of aryl methyl sites for hydroxylation is 1. The highest BCUT2D eigenvalue weighted by Crippen LogP contribution is 2.29. The van der Waals surface area contributed by atoms with Crippen LogP contribution in [0.1, 0.15) is 18.4 Å². The van der Waals surface area contributed by atoms with E-state index in [1.54, 1.807) is 24.3 Å². The second kappa shape index (κ2) is 8.42. The van der Waals surface area contributed by atoms with E-state index in [0.29, 0.717) is 17.1 Å². The fourth-order valence-corrected chi connectivity index (χ4v) is 3.70. The van der Waals surface area contributed by atoms with E-state index in [-0.39, 0.29) is 37.1 Å². The lowest BCUT2D eigenvalue weighted by Gasteiger charge is -2.29. The molecule has 4 rings (SSSR count). The molecule has 1 aliphatic heterocycles. The van der Waals surface area contributed by atoms with Crippen LogP contribution >= 0.6 is 11.5 Å². The fraction of sp³-hybridized carbons (Fsp3) is 0.190. The van der Waals surface area contributed by atoms with E-state index < -0.39 is 0 Å². The third-order valence-corrected chi connectivity index (χ3v) is 5.31. The van der Waals surface area contributed by atoms with Gasteiger partial charge < -0.3 is 15.5 Å². The van der Waals surface area contributed by atoms with Gasteiger partial charge in [-0.1, -0.05) is 28.8 Å². The number of hydrogen-bond donors (Lipinski definition) is 2. The van der Waals surface area contributed by atoms with Gasteiger partial charge in [0, 0.05) is 29.5 Å². The van der Waals surface area contributed by atoms with Crippen LogP contribution < -0.4 is 15.5 Å². The fourth-order valence-electron chi connectivity index (χ4n) is 3.23. The largest absolute Gasteiger partial charge is 0.326 e. The molecule has 1 aliphatic rings. The molecule has 0 fully saturated rings. The number of carbonyl (C=O) groups is 3. The van der Waals surface area contributed by atoms with Gasteiger partial charge in [-0.05, 0) is 42.2 Å².